The summed E-state index contributed by atoms with van der Waals surface area (Å²) in [5, 5.41) is 3.33. The van der Waals surface area contributed by atoms with E-state index in [-0.39, 0.29) is 5.91 Å². The molecule has 1 aliphatic heterocycles. The standard InChI is InChI=1S/C14H22N4O/c1-3-17(4-2)14(19)13-11-12(5-6-16-13)18-9-7-15-8-10-18/h5-6,11,15H,3-4,7-10H2,1-2H3. The molecule has 1 aromatic heterocycles. The van der Waals surface area contributed by atoms with E-state index in [1.165, 1.54) is 0 Å². The van der Waals surface area contributed by atoms with Gasteiger partial charge in [-0.2, -0.15) is 0 Å². The lowest BCUT2D eigenvalue weighted by atomic mass is 10.2. The molecule has 104 valence electrons. The van der Waals surface area contributed by atoms with Crippen LogP contribution in [0.15, 0.2) is 18.3 Å². The number of hydrogen-bond acceptors (Lipinski definition) is 4. The van der Waals surface area contributed by atoms with E-state index >= 15 is 0 Å². The van der Waals surface area contributed by atoms with Gasteiger partial charge in [-0.15, -0.1) is 0 Å². The Morgan fingerprint density at radius 3 is 2.68 bits per heavy atom. The van der Waals surface area contributed by atoms with Crippen molar-refractivity contribution < 1.29 is 4.79 Å². The van der Waals surface area contributed by atoms with Crippen molar-refractivity contribution in [1.29, 1.82) is 0 Å². The smallest absolute Gasteiger partial charge is 0.272 e. The van der Waals surface area contributed by atoms with E-state index in [1.54, 1.807) is 11.1 Å². The van der Waals surface area contributed by atoms with Crippen LogP contribution >= 0.6 is 0 Å². The molecule has 0 atom stereocenters. The first-order chi connectivity index (χ1) is 9.26. The predicted molar refractivity (Wildman–Crippen MR) is 76.6 cm³/mol. The number of rotatable bonds is 4. The van der Waals surface area contributed by atoms with Gasteiger partial charge in [-0.05, 0) is 26.0 Å². The third-order valence-electron chi connectivity index (χ3n) is 3.50. The van der Waals surface area contributed by atoms with Crippen molar-refractivity contribution in [3.8, 4) is 0 Å². The Morgan fingerprint density at radius 2 is 2.05 bits per heavy atom. The highest BCUT2D eigenvalue weighted by atomic mass is 16.2. The number of carbonyl (C=O) groups excluding carboxylic acids is 1. The number of amides is 1. The van der Waals surface area contributed by atoms with E-state index < -0.39 is 0 Å². The first kappa shape index (κ1) is 13.8. The maximum atomic E-state index is 12.3. The number of aromatic nitrogens is 1. The Morgan fingerprint density at radius 1 is 1.37 bits per heavy atom. The van der Waals surface area contributed by atoms with Gasteiger partial charge < -0.3 is 15.1 Å². The second-order valence-electron chi connectivity index (χ2n) is 4.61. The highest BCUT2D eigenvalue weighted by Gasteiger charge is 2.16. The van der Waals surface area contributed by atoms with Crippen LogP contribution in [0.25, 0.3) is 0 Å². The molecular formula is C14H22N4O. The SMILES string of the molecule is CCN(CC)C(=O)c1cc(N2CCNCC2)ccn1. The van der Waals surface area contributed by atoms with Gasteiger partial charge >= 0.3 is 0 Å². The fraction of sp³-hybridized carbons (Fsp3) is 0.571. The van der Waals surface area contributed by atoms with Crippen molar-refractivity contribution in [3.05, 3.63) is 24.0 Å². The highest BCUT2D eigenvalue weighted by molar-refractivity contribution is 5.93. The van der Waals surface area contributed by atoms with Crippen LogP contribution in [-0.4, -0.2) is 55.1 Å². The number of carbonyl (C=O) groups is 1. The predicted octanol–water partition coefficient (Wildman–Crippen LogP) is 0.973. The van der Waals surface area contributed by atoms with Crippen molar-refractivity contribution in [3.63, 3.8) is 0 Å². The molecule has 0 saturated carbocycles. The van der Waals surface area contributed by atoms with Crippen LogP contribution in [0.5, 0.6) is 0 Å². The summed E-state index contributed by atoms with van der Waals surface area (Å²) in [5.41, 5.74) is 1.63. The molecule has 1 aromatic rings. The van der Waals surface area contributed by atoms with E-state index in [4.69, 9.17) is 0 Å². The zero-order valence-corrected chi connectivity index (χ0v) is 11.7. The van der Waals surface area contributed by atoms with E-state index in [0.717, 1.165) is 45.0 Å². The first-order valence-corrected chi connectivity index (χ1v) is 6.97. The molecule has 1 N–H and O–H groups in total. The maximum Gasteiger partial charge on any atom is 0.272 e. The molecule has 1 amide bonds. The van der Waals surface area contributed by atoms with Crippen LogP contribution in [0.2, 0.25) is 0 Å². The van der Waals surface area contributed by atoms with Crippen molar-refractivity contribution in [2.24, 2.45) is 0 Å². The summed E-state index contributed by atoms with van der Waals surface area (Å²) in [7, 11) is 0. The van der Waals surface area contributed by atoms with E-state index in [0.29, 0.717) is 5.69 Å². The largest absolute Gasteiger partial charge is 0.369 e. The van der Waals surface area contributed by atoms with Gasteiger partial charge in [-0.3, -0.25) is 9.78 Å². The van der Waals surface area contributed by atoms with Gasteiger partial charge in [-0.25, -0.2) is 0 Å². The molecule has 1 saturated heterocycles. The molecule has 2 rings (SSSR count). The Balaban J connectivity index is 2.16. The number of nitrogens with one attached hydrogen (secondary N) is 1. The van der Waals surface area contributed by atoms with Crippen LogP contribution in [-0.2, 0) is 0 Å². The quantitative estimate of drug-likeness (QED) is 0.878. The molecule has 0 aromatic carbocycles. The summed E-state index contributed by atoms with van der Waals surface area (Å²) in [5.74, 6) is 0.0157. The Kier molecular flexibility index (Phi) is 4.74. The summed E-state index contributed by atoms with van der Waals surface area (Å²) in [4.78, 5) is 20.6. The Hall–Kier alpha value is -1.62. The number of piperazine rings is 1. The third kappa shape index (κ3) is 3.23. The molecule has 1 fully saturated rings. The van der Waals surface area contributed by atoms with Crippen LogP contribution in [0, 0.1) is 0 Å². The fourth-order valence-electron chi connectivity index (χ4n) is 2.33. The molecule has 0 bridgehead atoms. The third-order valence-corrected chi connectivity index (χ3v) is 3.50. The zero-order valence-electron chi connectivity index (χ0n) is 11.7. The van der Waals surface area contributed by atoms with E-state index in [2.05, 4.69) is 15.2 Å². The van der Waals surface area contributed by atoms with Crippen molar-refractivity contribution in [2.45, 2.75) is 13.8 Å². The second-order valence-corrected chi connectivity index (χ2v) is 4.61. The number of pyridine rings is 1. The minimum Gasteiger partial charge on any atom is -0.369 e. The molecule has 2 heterocycles. The minimum absolute atomic E-state index is 0.0157. The average molecular weight is 262 g/mol. The van der Waals surface area contributed by atoms with Crippen LogP contribution in [0.4, 0.5) is 5.69 Å². The van der Waals surface area contributed by atoms with Crippen molar-refractivity contribution >= 4 is 11.6 Å². The minimum atomic E-state index is 0.0157. The summed E-state index contributed by atoms with van der Waals surface area (Å²) in [6, 6.07) is 3.89. The lowest BCUT2D eigenvalue weighted by Crippen LogP contribution is -2.43. The summed E-state index contributed by atoms with van der Waals surface area (Å²) < 4.78 is 0. The Labute approximate surface area is 114 Å². The molecule has 5 heteroatoms. The van der Waals surface area contributed by atoms with E-state index in [9.17, 15) is 4.79 Å². The highest BCUT2D eigenvalue weighted by Crippen LogP contribution is 2.16. The van der Waals surface area contributed by atoms with Crippen LogP contribution in [0.3, 0.4) is 0 Å². The van der Waals surface area contributed by atoms with E-state index in [1.807, 2.05) is 26.0 Å². The topological polar surface area (TPSA) is 48.5 Å². The van der Waals surface area contributed by atoms with Crippen molar-refractivity contribution in [1.82, 2.24) is 15.2 Å². The monoisotopic (exact) mass is 262 g/mol. The molecular weight excluding hydrogens is 240 g/mol. The number of hydrogen-bond donors (Lipinski definition) is 1. The summed E-state index contributed by atoms with van der Waals surface area (Å²) in [6.07, 6.45) is 1.73. The van der Waals surface area contributed by atoms with Crippen LogP contribution in [0.1, 0.15) is 24.3 Å². The Bertz CT molecular complexity index is 425. The van der Waals surface area contributed by atoms with Gasteiger partial charge in [-0.1, -0.05) is 0 Å². The van der Waals surface area contributed by atoms with Gasteiger partial charge in [0, 0.05) is 51.2 Å². The molecule has 5 nitrogen and oxygen atoms in total. The number of nitrogens with zero attached hydrogens (tertiary/aromatic N) is 3. The van der Waals surface area contributed by atoms with Gasteiger partial charge in [0.15, 0.2) is 0 Å². The average Bonchev–Trinajstić information content (AvgIpc) is 2.49. The van der Waals surface area contributed by atoms with Gasteiger partial charge in [0.1, 0.15) is 5.69 Å². The second kappa shape index (κ2) is 6.52. The van der Waals surface area contributed by atoms with Crippen molar-refractivity contribution in [2.75, 3.05) is 44.2 Å². The van der Waals surface area contributed by atoms with Gasteiger partial charge in [0.05, 0.1) is 0 Å². The fourth-order valence-corrected chi connectivity index (χ4v) is 2.33. The lowest BCUT2D eigenvalue weighted by molar-refractivity contribution is 0.0767. The lowest BCUT2D eigenvalue weighted by Gasteiger charge is -2.29. The zero-order chi connectivity index (χ0) is 13.7. The molecule has 19 heavy (non-hydrogen) atoms. The summed E-state index contributed by atoms with van der Waals surface area (Å²) >= 11 is 0. The molecule has 0 radical (unpaired) electrons. The first-order valence-electron chi connectivity index (χ1n) is 6.97. The number of anilines is 1. The molecule has 0 aliphatic carbocycles. The van der Waals surface area contributed by atoms with Crippen LogP contribution < -0.4 is 10.2 Å². The van der Waals surface area contributed by atoms with Gasteiger partial charge in [0.25, 0.3) is 5.91 Å². The molecule has 0 spiro atoms. The molecule has 1 aliphatic rings. The normalized spacial score (nSPS) is 15.4. The summed E-state index contributed by atoms with van der Waals surface area (Å²) in [6.45, 7) is 9.34. The van der Waals surface area contributed by atoms with Gasteiger partial charge in [0.2, 0.25) is 0 Å². The maximum absolute atomic E-state index is 12.3. The molecule has 0 unspecified atom stereocenters.